The lowest BCUT2D eigenvalue weighted by molar-refractivity contribution is -0.119. The maximum Gasteiger partial charge on any atom is 0.246 e. The molecule has 1 aromatic carbocycles. The summed E-state index contributed by atoms with van der Waals surface area (Å²) in [6, 6.07) is 7.71. The first kappa shape index (κ1) is 9.93. The number of amides is 1. The minimum Gasteiger partial charge on any atom is -0.367 e. The summed E-state index contributed by atoms with van der Waals surface area (Å²) in [6.07, 6.45) is 1.44. The van der Waals surface area contributed by atoms with Crippen LogP contribution in [0.15, 0.2) is 30.3 Å². The summed E-state index contributed by atoms with van der Waals surface area (Å²) in [5.74, 6) is -0.253. The Kier molecular flexibility index (Phi) is 2.12. The van der Waals surface area contributed by atoms with E-state index < -0.39 is 5.72 Å². The van der Waals surface area contributed by atoms with E-state index in [-0.39, 0.29) is 5.91 Å². The molecular formula is C12H13NO2. The molecule has 78 valence electrons. The summed E-state index contributed by atoms with van der Waals surface area (Å²) in [5, 5.41) is 12.5. The molecule has 1 aliphatic rings. The Morgan fingerprint density at radius 2 is 2.13 bits per heavy atom. The highest BCUT2D eigenvalue weighted by Gasteiger charge is 2.34. The summed E-state index contributed by atoms with van der Waals surface area (Å²) >= 11 is 0. The molecular weight excluding hydrogens is 190 g/mol. The zero-order chi connectivity index (χ0) is 11.1. The van der Waals surface area contributed by atoms with E-state index in [9.17, 15) is 9.90 Å². The average molecular weight is 203 g/mol. The van der Waals surface area contributed by atoms with Crippen molar-refractivity contribution in [1.29, 1.82) is 0 Å². The predicted molar refractivity (Wildman–Crippen MR) is 57.9 cm³/mol. The molecule has 15 heavy (non-hydrogen) atoms. The smallest absolute Gasteiger partial charge is 0.246 e. The summed E-state index contributed by atoms with van der Waals surface area (Å²) in [5.41, 5.74) is 1.34. The third-order valence-electron chi connectivity index (χ3n) is 2.50. The van der Waals surface area contributed by atoms with Crippen LogP contribution in [-0.4, -0.2) is 16.7 Å². The monoisotopic (exact) mass is 203 g/mol. The first-order valence-corrected chi connectivity index (χ1v) is 4.83. The number of aliphatic hydroxyl groups is 1. The van der Waals surface area contributed by atoms with E-state index in [1.807, 2.05) is 31.2 Å². The molecule has 3 nitrogen and oxygen atoms in total. The molecule has 3 heteroatoms. The van der Waals surface area contributed by atoms with Crippen LogP contribution in [0.5, 0.6) is 0 Å². The molecule has 0 aromatic heterocycles. The Balaban J connectivity index is 2.47. The second-order valence-corrected chi connectivity index (χ2v) is 3.99. The molecule has 2 rings (SSSR count). The Hall–Kier alpha value is -1.61. The van der Waals surface area contributed by atoms with Gasteiger partial charge in [0.25, 0.3) is 0 Å². The van der Waals surface area contributed by atoms with Gasteiger partial charge in [-0.25, -0.2) is 0 Å². The summed E-state index contributed by atoms with van der Waals surface area (Å²) in [7, 11) is 0. The van der Waals surface area contributed by atoms with Gasteiger partial charge in [0, 0.05) is 11.6 Å². The molecule has 1 aliphatic heterocycles. The largest absolute Gasteiger partial charge is 0.367 e. The maximum atomic E-state index is 11.2. The van der Waals surface area contributed by atoms with Gasteiger partial charge in [0.15, 0.2) is 5.72 Å². The lowest BCUT2D eigenvalue weighted by Crippen LogP contribution is -2.40. The van der Waals surface area contributed by atoms with Gasteiger partial charge in [-0.15, -0.1) is 0 Å². The average Bonchev–Trinajstić information content (AvgIpc) is 2.39. The number of benzene rings is 1. The van der Waals surface area contributed by atoms with Crippen molar-refractivity contribution in [3.05, 3.63) is 41.5 Å². The van der Waals surface area contributed by atoms with Crippen molar-refractivity contribution < 1.29 is 9.90 Å². The van der Waals surface area contributed by atoms with Crippen molar-refractivity contribution in [3.8, 4) is 0 Å². The molecule has 1 unspecified atom stereocenters. The molecule has 0 saturated carbocycles. The van der Waals surface area contributed by atoms with E-state index in [1.165, 1.54) is 6.08 Å². The molecule has 0 spiro atoms. The Morgan fingerprint density at radius 3 is 2.67 bits per heavy atom. The van der Waals surface area contributed by atoms with Gasteiger partial charge < -0.3 is 10.4 Å². The van der Waals surface area contributed by atoms with Crippen molar-refractivity contribution in [1.82, 2.24) is 5.32 Å². The third kappa shape index (κ3) is 1.78. The first-order chi connectivity index (χ1) is 6.99. The minimum atomic E-state index is -1.26. The fourth-order valence-corrected chi connectivity index (χ4v) is 1.79. The van der Waals surface area contributed by atoms with Gasteiger partial charge in [-0.05, 0) is 19.4 Å². The second-order valence-electron chi connectivity index (χ2n) is 3.99. The van der Waals surface area contributed by atoms with Crippen LogP contribution in [0.1, 0.15) is 18.1 Å². The lowest BCUT2D eigenvalue weighted by Gasteiger charge is -2.21. The highest BCUT2D eigenvalue weighted by atomic mass is 16.3. The Morgan fingerprint density at radius 1 is 1.40 bits per heavy atom. The third-order valence-corrected chi connectivity index (χ3v) is 2.50. The quantitative estimate of drug-likeness (QED) is 0.721. The molecule has 0 bridgehead atoms. The van der Waals surface area contributed by atoms with Crippen molar-refractivity contribution in [2.24, 2.45) is 0 Å². The number of hydrogen-bond acceptors (Lipinski definition) is 2. The highest BCUT2D eigenvalue weighted by Crippen LogP contribution is 2.29. The van der Waals surface area contributed by atoms with Crippen molar-refractivity contribution in [2.45, 2.75) is 19.6 Å². The van der Waals surface area contributed by atoms with Crippen LogP contribution in [0.2, 0.25) is 0 Å². The van der Waals surface area contributed by atoms with Gasteiger partial charge in [0.1, 0.15) is 0 Å². The number of carbonyl (C=O) groups is 1. The molecule has 1 atom stereocenters. The van der Waals surface area contributed by atoms with E-state index in [4.69, 9.17) is 0 Å². The molecule has 2 N–H and O–H groups in total. The minimum absolute atomic E-state index is 0.253. The number of carbonyl (C=O) groups excluding carboxylic acids is 1. The number of nitrogens with one attached hydrogen (secondary N) is 1. The van der Waals surface area contributed by atoms with Gasteiger partial charge in [-0.1, -0.05) is 29.8 Å². The van der Waals surface area contributed by atoms with E-state index in [0.717, 1.165) is 11.1 Å². The van der Waals surface area contributed by atoms with Crippen molar-refractivity contribution in [2.75, 3.05) is 0 Å². The molecule has 1 amide bonds. The van der Waals surface area contributed by atoms with E-state index >= 15 is 0 Å². The van der Waals surface area contributed by atoms with Gasteiger partial charge in [-0.3, -0.25) is 4.79 Å². The van der Waals surface area contributed by atoms with Crippen LogP contribution >= 0.6 is 0 Å². The predicted octanol–water partition coefficient (Wildman–Crippen LogP) is 1.22. The highest BCUT2D eigenvalue weighted by molar-refractivity contribution is 6.02. The standard InChI is InChI=1S/C12H13NO2/c1-8-4-3-5-9(6-8)10-7-11(14)13-12(10,2)15/h3-7,15H,1-2H3,(H,13,14). The van der Waals surface area contributed by atoms with Crippen LogP contribution in [0.25, 0.3) is 5.57 Å². The SMILES string of the molecule is Cc1cccc(C2=CC(=O)NC2(C)O)c1. The summed E-state index contributed by atoms with van der Waals surface area (Å²) < 4.78 is 0. The van der Waals surface area contributed by atoms with Crippen LogP contribution in [0.3, 0.4) is 0 Å². The fraction of sp³-hybridized carbons (Fsp3) is 0.250. The fourth-order valence-electron chi connectivity index (χ4n) is 1.79. The van der Waals surface area contributed by atoms with Crippen LogP contribution in [0, 0.1) is 6.92 Å². The lowest BCUT2D eigenvalue weighted by atomic mass is 9.97. The Bertz CT molecular complexity index is 447. The normalized spacial score (nSPS) is 25.0. The molecule has 1 aromatic rings. The van der Waals surface area contributed by atoms with Crippen LogP contribution < -0.4 is 5.32 Å². The molecule has 0 saturated heterocycles. The van der Waals surface area contributed by atoms with E-state index in [2.05, 4.69) is 5.32 Å². The van der Waals surface area contributed by atoms with Crippen LogP contribution in [0.4, 0.5) is 0 Å². The van der Waals surface area contributed by atoms with E-state index in [0.29, 0.717) is 5.57 Å². The van der Waals surface area contributed by atoms with Gasteiger partial charge in [0.2, 0.25) is 5.91 Å². The number of hydrogen-bond donors (Lipinski definition) is 2. The van der Waals surface area contributed by atoms with Gasteiger partial charge in [-0.2, -0.15) is 0 Å². The number of aryl methyl sites for hydroxylation is 1. The Labute approximate surface area is 88.4 Å². The topological polar surface area (TPSA) is 49.3 Å². The molecule has 0 fully saturated rings. The zero-order valence-corrected chi connectivity index (χ0v) is 8.74. The second kappa shape index (κ2) is 3.21. The molecule has 0 radical (unpaired) electrons. The van der Waals surface area contributed by atoms with Crippen molar-refractivity contribution >= 4 is 11.5 Å². The van der Waals surface area contributed by atoms with Gasteiger partial charge in [0.05, 0.1) is 0 Å². The van der Waals surface area contributed by atoms with Crippen molar-refractivity contribution in [3.63, 3.8) is 0 Å². The summed E-state index contributed by atoms with van der Waals surface area (Å²) in [6.45, 7) is 3.55. The van der Waals surface area contributed by atoms with Crippen LogP contribution in [-0.2, 0) is 4.79 Å². The summed E-state index contributed by atoms with van der Waals surface area (Å²) in [4.78, 5) is 11.2. The first-order valence-electron chi connectivity index (χ1n) is 4.83. The van der Waals surface area contributed by atoms with E-state index in [1.54, 1.807) is 6.92 Å². The van der Waals surface area contributed by atoms with Gasteiger partial charge >= 0.3 is 0 Å². The maximum absolute atomic E-state index is 11.2. The molecule has 1 heterocycles. The number of rotatable bonds is 1. The molecule has 0 aliphatic carbocycles. The zero-order valence-electron chi connectivity index (χ0n) is 8.74.